The van der Waals surface area contributed by atoms with Crippen molar-refractivity contribution in [1.29, 1.82) is 0 Å². The van der Waals surface area contributed by atoms with Gasteiger partial charge in [-0.2, -0.15) is 0 Å². The number of methoxy groups -OCH3 is 1. The number of benzene rings is 2. The van der Waals surface area contributed by atoms with Crippen LogP contribution in [-0.4, -0.2) is 63.7 Å². The third-order valence-electron chi connectivity index (χ3n) is 7.14. The van der Waals surface area contributed by atoms with Gasteiger partial charge in [-0.15, -0.1) is 0 Å². The van der Waals surface area contributed by atoms with Crippen LogP contribution >= 0.6 is 0 Å². The minimum absolute atomic E-state index is 0.119. The molecule has 1 aliphatic rings. The minimum Gasteiger partial charge on any atom is -0.467 e. The molecule has 1 atom stereocenters. The number of aryl methyl sites for hydroxylation is 1. The summed E-state index contributed by atoms with van der Waals surface area (Å²) in [4.78, 5) is 42.3. The van der Waals surface area contributed by atoms with Gasteiger partial charge in [0.05, 0.1) is 13.7 Å². The summed E-state index contributed by atoms with van der Waals surface area (Å²) in [7, 11) is 1.28. The molecule has 3 N–H and O–H groups in total. The van der Waals surface area contributed by atoms with E-state index in [-0.39, 0.29) is 19.0 Å². The van der Waals surface area contributed by atoms with E-state index in [4.69, 9.17) is 29.7 Å². The summed E-state index contributed by atoms with van der Waals surface area (Å²) < 4.78 is 23.9. The van der Waals surface area contributed by atoms with E-state index in [2.05, 4.69) is 15.3 Å². The van der Waals surface area contributed by atoms with Crippen molar-refractivity contribution in [3.05, 3.63) is 59.9 Å². The van der Waals surface area contributed by atoms with E-state index in [9.17, 15) is 9.59 Å². The van der Waals surface area contributed by atoms with Crippen LogP contribution in [0.25, 0.3) is 11.2 Å². The molecule has 0 bridgehead atoms. The highest BCUT2D eigenvalue weighted by molar-refractivity contribution is 6.01. The number of aromatic nitrogens is 4. The fourth-order valence-electron chi connectivity index (χ4n) is 4.97. The maximum absolute atomic E-state index is 13.8. The van der Waals surface area contributed by atoms with E-state index in [0.717, 1.165) is 11.1 Å². The maximum atomic E-state index is 13.8. The Hall–Kier alpha value is -4.91. The number of nitrogens with two attached hydrogens (primary N) is 1. The Bertz CT molecular complexity index is 1670. The summed E-state index contributed by atoms with van der Waals surface area (Å²) in [5.41, 5.74) is 8.47. The normalized spacial score (nSPS) is 13.0. The Balaban J connectivity index is 1.66. The number of rotatable bonds is 11. The van der Waals surface area contributed by atoms with Crippen LogP contribution in [0.2, 0.25) is 0 Å². The highest BCUT2D eigenvalue weighted by Crippen LogP contribution is 2.36. The zero-order chi connectivity index (χ0) is 32.1. The molecule has 3 heterocycles. The topological polar surface area (TPSA) is 156 Å². The second kappa shape index (κ2) is 13.4. The van der Waals surface area contributed by atoms with Gasteiger partial charge < -0.3 is 30.0 Å². The second-order valence-corrected chi connectivity index (χ2v) is 11.7. The molecule has 0 radical (unpaired) electrons. The van der Waals surface area contributed by atoms with Gasteiger partial charge >= 0.3 is 12.1 Å². The average Bonchev–Trinajstić information content (AvgIpc) is 3.61. The van der Waals surface area contributed by atoms with E-state index in [1.807, 2.05) is 54.0 Å². The number of hydrogen-bond donors (Lipinski definition) is 2. The first-order chi connectivity index (χ1) is 21.6. The van der Waals surface area contributed by atoms with Crippen molar-refractivity contribution in [2.75, 3.05) is 30.7 Å². The molecule has 4 aromatic rings. The molecule has 0 fully saturated rings. The van der Waals surface area contributed by atoms with E-state index in [0.29, 0.717) is 60.2 Å². The Morgan fingerprint density at radius 3 is 2.56 bits per heavy atom. The fourth-order valence-corrected chi connectivity index (χ4v) is 4.97. The van der Waals surface area contributed by atoms with Gasteiger partial charge in [0.25, 0.3) is 0 Å². The van der Waals surface area contributed by atoms with Gasteiger partial charge in [-0.05, 0) is 71.2 Å². The van der Waals surface area contributed by atoms with E-state index in [1.165, 1.54) is 18.3 Å². The second-order valence-electron chi connectivity index (χ2n) is 11.7. The van der Waals surface area contributed by atoms with Crippen LogP contribution in [-0.2, 0) is 20.8 Å². The molecule has 2 aromatic heterocycles. The molecule has 0 unspecified atom stereocenters. The van der Waals surface area contributed by atoms with Gasteiger partial charge in [0.1, 0.15) is 18.0 Å². The monoisotopic (exact) mass is 617 g/mol. The molecule has 13 heteroatoms. The van der Waals surface area contributed by atoms with Gasteiger partial charge in [0.15, 0.2) is 28.5 Å². The van der Waals surface area contributed by atoms with Crippen LogP contribution < -0.4 is 25.4 Å². The van der Waals surface area contributed by atoms with Gasteiger partial charge in [-0.3, -0.25) is 4.57 Å². The van der Waals surface area contributed by atoms with Crippen LogP contribution in [0.4, 0.5) is 22.2 Å². The zero-order valence-corrected chi connectivity index (χ0v) is 26.2. The van der Waals surface area contributed by atoms with Gasteiger partial charge in [0, 0.05) is 11.8 Å². The molecule has 1 amide bonds. The standard InChI is InChI=1S/C32H39N7O6/c1-20-9-11-21(12-10-20)17-38-27-26(37-30(38)36-22-13-14-24-25(16-22)44-19-43-24)28(35-18-34-27)39(31(41)45-32(2,3)4)23(29(40)42-5)8-6-7-15-33/h9-14,16,18,23H,6-8,15,17,19,33H2,1-5H3,(H,36,37)/t23-/m0/s1. The zero-order valence-electron chi connectivity index (χ0n) is 26.2. The summed E-state index contributed by atoms with van der Waals surface area (Å²) in [6.07, 6.45) is 2.10. The maximum Gasteiger partial charge on any atom is 0.416 e. The molecule has 1 aliphatic heterocycles. The highest BCUT2D eigenvalue weighted by Gasteiger charge is 2.38. The number of unbranched alkanes of at least 4 members (excludes halogenated alkanes) is 1. The van der Waals surface area contributed by atoms with Crippen molar-refractivity contribution >= 4 is 40.7 Å². The summed E-state index contributed by atoms with van der Waals surface area (Å²) >= 11 is 0. The number of carbonyl (C=O) groups is 2. The molecule has 0 spiro atoms. The molecular weight excluding hydrogens is 578 g/mol. The first kappa shape index (κ1) is 31.5. The molecular formula is C32H39N7O6. The highest BCUT2D eigenvalue weighted by atomic mass is 16.7. The van der Waals surface area contributed by atoms with Crippen LogP contribution in [0, 0.1) is 6.92 Å². The molecule has 2 aromatic carbocycles. The third kappa shape index (κ3) is 7.26. The van der Waals surface area contributed by atoms with Crippen LogP contribution in [0.15, 0.2) is 48.8 Å². The lowest BCUT2D eigenvalue weighted by Crippen LogP contribution is -2.48. The Morgan fingerprint density at radius 2 is 1.84 bits per heavy atom. The predicted octanol–water partition coefficient (Wildman–Crippen LogP) is 5.07. The van der Waals surface area contributed by atoms with E-state index in [1.54, 1.807) is 20.8 Å². The predicted molar refractivity (Wildman–Crippen MR) is 169 cm³/mol. The summed E-state index contributed by atoms with van der Waals surface area (Å²) in [6, 6.07) is 12.6. The molecule has 0 saturated carbocycles. The first-order valence-corrected chi connectivity index (χ1v) is 14.8. The third-order valence-corrected chi connectivity index (χ3v) is 7.14. The number of fused-ring (bicyclic) bond motifs is 2. The minimum atomic E-state index is -1.04. The van der Waals surface area contributed by atoms with Crippen LogP contribution in [0.5, 0.6) is 11.5 Å². The SMILES string of the molecule is COC(=O)[C@H](CCCCN)N(C(=O)OC(C)(C)C)c1ncnc2c1nc(Nc1ccc3c(c1)OCO3)n2Cc1ccc(C)cc1. The molecule has 13 nitrogen and oxygen atoms in total. The molecule has 238 valence electrons. The lowest BCUT2D eigenvalue weighted by Gasteiger charge is -2.31. The smallest absolute Gasteiger partial charge is 0.416 e. The van der Waals surface area contributed by atoms with Crippen molar-refractivity contribution < 1.29 is 28.5 Å². The van der Waals surface area contributed by atoms with Crippen molar-refractivity contribution in [3.8, 4) is 11.5 Å². The van der Waals surface area contributed by atoms with Crippen molar-refractivity contribution in [1.82, 2.24) is 19.5 Å². The number of nitrogens with one attached hydrogen (secondary N) is 1. The number of ether oxygens (including phenoxy) is 4. The number of nitrogens with zero attached hydrogens (tertiary/aromatic N) is 5. The van der Waals surface area contributed by atoms with Gasteiger partial charge in [0.2, 0.25) is 12.7 Å². The molecule has 45 heavy (non-hydrogen) atoms. The summed E-state index contributed by atoms with van der Waals surface area (Å²) in [6.45, 7) is 8.29. The van der Waals surface area contributed by atoms with E-state index < -0.39 is 23.7 Å². The fraction of sp³-hybridized carbons (Fsp3) is 0.406. The number of hydrogen-bond acceptors (Lipinski definition) is 11. The van der Waals surface area contributed by atoms with Crippen molar-refractivity contribution in [3.63, 3.8) is 0 Å². The summed E-state index contributed by atoms with van der Waals surface area (Å²) in [5.74, 6) is 1.21. The Kier molecular flexibility index (Phi) is 9.37. The molecule has 5 rings (SSSR count). The van der Waals surface area contributed by atoms with Crippen molar-refractivity contribution in [2.24, 2.45) is 5.73 Å². The lowest BCUT2D eigenvalue weighted by molar-refractivity contribution is -0.142. The van der Waals surface area contributed by atoms with Crippen LogP contribution in [0.1, 0.15) is 51.2 Å². The number of imidazole rings is 1. The largest absolute Gasteiger partial charge is 0.467 e. The lowest BCUT2D eigenvalue weighted by atomic mass is 10.1. The molecule has 0 saturated heterocycles. The van der Waals surface area contributed by atoms with Gasteiger partial charge in [-0.1, -0.05) is 29.8 Å². The Labute approximate surface area is 261 Å². The van der Waals surface area contributed by atoms with Gasteiger partial charge in [-0.25, -0.2) is 29.4 Å². The average molecular weight is 618 g/mol. The molecule has 0 aliphatic carbocycles. The Morgan fingerprint density at radius 1 is 1.09 bits per heavy atom. The summed E-state index contributed by atoms with van der Waals surface area (Å²) in [5, 5.41) is 3.37. The quantitative estimate of drug-likeness (QED) is 0.171. The number of carbonyl (C=O) groups excluding carboxylic acids is 2. The van der Waals surface area contributed by atoms with Crippen molar-refractivity contribution in [2.45, 2.75) is 65.1 Å². The number of anilines is 3. The van der Waals surface area contributed by atoms with Crippen LogP contribution in [0.3, 0.4) is 0 Å². The number of esters is 1. The number of amides is 1. The first-order valence-electron chi connectivity index (χ1n) is 14.8. The van der Waals surface area contributed by atoms with E-state index >= 15 is 0 Å².